The van der Waals surface area contributed by atoms with Crippen molar-refractivity contribution in [1.82, 2.24) is 9.21 Å². The number of halogens is 1. The molecule has 3 aliphatic rings. The van der Waals surface area contributed by atoms with Crippen molar-refractivity contribution in [3.05, 3.63) is 64.1 Å². The smallest absolute Gasteiger partial charge is 0.411 e. The first-order valence-electron chi connectivity index (χ1n) is 9.77. The van der Waals surface area contributed by atoms with Gasteiger partial charge < -0.3 is 4.74 Å². The van der Waals surface area contributed by atoms with E-state index in [2.05, 4.69) is 28.1 Å². The molecule has 0 spiro atoms. The van der Waals surface area contributed by atoms with Crippen LogP contribution in [0.4, 0.5) is 4.79 Å². The van der Waals surface area contributed by atoms with Crippen molar-refractivity contribution < 1.29 is 17.9 Å². The van der Waals surface area contributed by atoms with Gasteiger partial charge in [-0.1, -0.05) is 46.3 Å². The zero-order valence-corrected chi connectivity index (χ0v) is 18.1. The van der Waals surface area contributed by atoms with Crippen LogP contribution in [0.3, 0.4) is 0 Å². The second-order valence-corrected chi connectivity index (χ2v) is 10.6. The lowest BCUT2D eigenvalue weighted by Crippen LogP contribution is -2.47. The Morgan fingerprint density at radius 2 is 1.79 bits per heavy atom. The summed E-state index contributed by atoms with van der Waals surface area (Å²) in [5.74, 6) is 0. The van der Waals surface area contributed by atoms with E-state index in [1.165, 1.54) is 9.87 Å². The minimum Gasteiger partial charge on any atom is -0.443 e. The van der Waals surface area contributed by atoms with Crippen LogP contribution < -0.4 is 0 Å². The zero-order valence-electron chi connectivity index (χ0n) is 15.7. The van der Waals surface area contributed by atoms with E-state index in [9.17, 15) is 13.2 Å². The summed E-state index contributed by atoms with van der Waals surface area (Å²) in [4.78, 5) is 14.7. The number of carbonyl (C=O) groups is 1. The molecule has 0 bridgehead atoms. The van der Waals surface area contributed by atoms with Crippen molar-refractivity contribution >= 4 is 32.0 Å². The van der Waals surface area contributed by atoms with Crippen molar-refractivity contribution in [2.24, 2.45) is 0 Å². The van der Waals surface area contributed by atoms with Crippen molar-refractivity contribution in [1.29, 1.82) is 0 Å². The highest BCUT2D eigenvalue weighted by molar-refractivity contribution is 9.10. The number of hydrogen-bond acceptors (Lipinski definition) is 4. The van der Waals surface area contributed by atoms with Crippen LogP contribution >= 0.6 is 15.9 Å². The van der Waals surface area contributed by atoms with Crippen LogP contribution in [0.5, 0.6) is 0 Å². The van der Waals surface area contributed by atoms with Crippen molar-refractivity contribution in [3.63, 3.8) is 0 Å². The van der Waals surface area contributed by atoms with Gasteiger partial charge in [-0.25, -0.2) is 13.2 Å². The Balaban J connectivity index is 1.34. The summed E-state index contributed by atoms with van der Waals surface area (Å²) in [6.07, 6.45) is 1.55. The second kappa shape index (κ2) is 7.11. The molecule has 2 aromatic carbocycles. The lowest BCUT2D eigenvalue weighted by molar-refractivity contribution is 0.119. The van der Waals surface area contributed by atoms with E-state index in [1.807, 2.05) is 17.0 Å². The average Bonchev–Trinajstić information content (AvgIpc) is 3.22. The maximum absolute atomic E-state index is 13.0. The van der Waals surface area contributed by atoms with Crippen LogP contribution in [0, 0.1) is 0 Å². The molecule has 29 heavy (non-hydrogen) atoms. The Kier molecular flexibility index (Phi) is 4.68. The molecule has 2 heterocycles. The molecule has 2 saturated heterocycles. The second-order valence-electron chi connectivity index (χ2n) is 7.77. The standard InChI is InChI=1S/C21H21BrN2O4S/c22-15-5-3-6-17(13-15)29(26,27)23-10-8-16(9-11-23)24-20-18-7-2-1-4-14(18)12-19(20)28-21(24)25/h1-7,13,16,19-20H,8-12H2. The summed E-state index contributed by atoms with van der Waals surface area (Å²) in [5, 5.41) is 0. The van der Waals surface area contributed by atoms with Gasteiger partial charge in [0.1, 0.15) is 6.10 Å². The highest BCUT2D eigenvalue weighted by Gasteiger charge is 2.50. The SMILES string of the molecule is O=C1OC2Cc3ccccc3C2N1C1CCN(S(=O)(=O)c2cccc(Br)c2)CC1. The van der Waals surface area contributed by atoms with Crippen LogP contribution in [0.1, 0.15) is 30.0 Å². The van der Waals surface area contributed by atoms with E-state index in [-0.39, 0.29) is 29.2 Å². The van der Waals surface area contributed by atoms with Crippen LogP contribution in [0.15, 0.2) is 57.9 Å². The topological polar surface area (TPSA) is 66.9 Å². The van der Waals surface area contributed by atoms with E-state index in [0.717, 1.165) is 16.5 Å². The number of amides is 1. The normalized spacial score (nSPS) is 25.0. The molecular formula is C21H21BrN2O4S. The maximum atomic E-state index is 13.0. The van der Waals surface area contributed by atoms with Crippen LogP contribution in [-0.4, -0.2) is 49.0 Å². The number of sulfonamides is 1. The lowest BCUT2D eigenvalue weighted by atomic mass is 10.00. The fourth-order valence-corrected chi connectivity index (χ4v) is 6.86. The largest absolute Gasteiger partial charge is 0.443 e. The van der Waals surface area contributed by atoms with Crippen LogP contribution in [0.2, 0.25) is 0 Å². The van der Waals surface area contributed by atoms with Crippen molar-refractivity contribution in [3.8, 4) is 0 Å². The molecule has 2 aromatic rings. The van der Waals surface area contributed by atoms with Crippen LogP contribution in [-0.2, 0) is 21.2 Å². The molecule has 152 valence electrons. The molecule has 8 heteroatoms. The molecule has 2 unspecified atom stereocenters. The van der Waals surface area contributed by atoms with Crippen molar-refractivity contribution in [2.45, 2.75) is 42.3 Å². The Bertz CT molecular complexity index is 1070. The molecule has 1 amide bonds. The molecule has 5 rings (SSSR count). The minimum atomic E-state index is -3.54. The summed E-state index contributed by atoms with van der Waals surface area (Å²) in [7, 11) is -3.54. The van der Waals surface area contributed by atoms with Gasteiger partial charge in [-0.2, -0.15) is 4.31 Å². The van der Waals surface area contributed by atoms with Gasteiger partial charge in [0.25, 0.3) is 0 Å². The maximum Gasteiger partial charge on any atom is 0.411 e. The zero-order chi connectivity index (χ0) is 20.2. The third-order valence-electron chi connectivity index (χ3n) is 6.16. The van der Waals surface area contributed by atoms with Crippen LogP contribution in [0.25, 0.3) is 0 Å². The van der Waals surface area contributed by atoms with Gasteiger partial charge in [0, 0.05) is 30.0 Å². The summed E-state index contributed by atoms with van der Waals surface area (Å²) in [6, 6.07) is 14.9. The molecule has 0 N–H and O–H groups in total. The summed E-state index contributed by atoms with van der Waals surface area (Å²) >= 11 is 3.34. The highest BCUT2D eigenvalue weighted by atomic mass is 79.9. The number of ether oxygens (including phenoxy) is 1. The summed E-state index contributed by atoms with van der Waals surface area (Å²) < 4.78 is 33.9. The van der Waals surface area contributed by atoms with Gasteiger partial charge in [0.15, 0.2) is 0 Å². The first-order chi connectivity index (χ1) is 13.9. The fourth-order valence-electron chi connectivity index (χ4n) is 4.79. The van der Waals surface area contributed by atoms with E-state index in [1.54, 1.807) is 24.3 Å². The predicted octanol–water partition coefficient (Wildman–Crippen LogP) is 3.72. The average molecular weight is 477 g/mol. The Morgan fingerprint density at radius 1 is 1.03 bits per heavy atom. The predicted molar refractivity (Wildman–Crippen MR) is 111 cm³/mol. The van der Waals surface area contributed by atoms with Gasteiger partial charge in [-0.15, -0.1) is 0 Å². The Morgan fingerprint density at radius 3 is 2.55 bits per heavy atom. The van der Waals surface area contributed by atoms with Gasteiger partial charge in [-0.05, 0) is 42.2 Å². The third kappa shape index (κ3) is 3.17. The molecule has 1 aliphatic carbocycles. The first kappa shape index (κ1) is 19.1. The molecule has 2 aliphatic heterocycles. The highest BCUT2D eigenvalue weighted by Crippen LogP contribution is 2.45. The number of piperidine rings is 1. The van der Waals surface area contributed by atoms with E-state index >= 15 is 0 Å². The number of rotatable bonds is 3. The first-order valence-corrected chi connectivity index (χ1v) is 12.0. The molecule has 2 fully saturated rings. The quantitative estimate of drug-likeness (QED) is 0.676. The number of carbonyl (C=O) groups excluding carboxylic acids is 1. The van der Waals surface area contributed by atoms with E-state index in [0.29, 0.717) is 25.9 Å². The van der Waals surface area contributed by atoms with Gasteiger partial charge >= 0.3 is 6.09 Å². The minimum absolute atomic E-state index is 0.0161. The number of fused-ring (bicyclic) bond motifs is 3. The summed E-state index contributed by atoms with van der Waals surface area (Å²) in [5.41, 5.74) is 2.39. The monoisotopic (exact) mass is 476 g/mol. The number of benzene rings is 2. The third-order valence-corrected chi connectivity index (χ3v) is 8.55. The number of nitrogens with zero attached hydrogens (tertiary/aromatic N) is 2. The molecule has 0 saturated carbocycles. The lowest BCUT2D eigenvalue weighted by Gasteiger charge is -2.37. The molecular weight excluding hydrogens is 456 g/mol. The van der Waals surface area contributed by atoms with Gasteiger partial charge in [0.2, 0.25) is 10.0 Å². The van der Waals surface area contributed by atoms with E-state index < -0.39 is 10.0 Å². The molecule has 6 nitrogen and oxygen atoms in total. The molecule has 0 aromatic heterocycles. The summed E-state index contributed by atoms with van der Waals surface area (Å²) in [6.45, 7) is 0.782. The number of hydrogen-bond donors (Lipinski definition) is 0. The Hall–Kier alpha value is -1.90. The van der Waals surface area contributed by atoms with E-state index in [4.69, 9.17) is 4.74 Å². The van der Waals surface area contributed by atoms with Crippen molar-refractivity contribution in [2.75, 3.05) is 13.1 Å². The van der Waals surface area contributed by atoms with Gasteiger partial charge in [0.05, 0.1) is 10.9 Å². The molecule has 0 radical (unpaired) electrons. The fraction of sp³-hybridized carbons (Fsp3) is 0.381. The molecule has 2 atom stereocenters. The van der Waals surface area contributed by atoms with Gasteiger partial charge in [-0.3, -0.25) is 4.90 Å². The Labute approximate surface area is 178 Å².